The molecular formula is C35H39ClFN3O2S. The molecule has 0 atom stereocenters. The van der Waals surface area contributed by atoms with Crippen LogP contribution in [0.25, 0.3) is 27.5 Å². The molecule has 1 fully saturated rings. The van der Waals surface area contributed by atoms with Crippen LogP contribution in [-0.4, -0.2) is 33.4 Å². The van der Waals surface area contributed by atoms with Crippen LogP contribution in [-0.2, 0) is 19.3 Å². The summed E-state index contributed by atoms with van der Waals surface area (Å²) in [6, 6.07) is 12.6. The molecule has 5 nitrogen and oxygen atoms in total. The quantitative estimate of drug-likeness (QED) is 0.198. The summed E-state index contributed by atoms with van der Waals surface area (Å²) < 4.78 is 16.2. The molecule has 1 saturated heterocycles. The Hall–Kier alpha value is -3.29. The normalized spacial score (nSPS) is 13.6. The third kappa shape index (κ3) is 6.20. The van der Waals surface area contributed by atoms with Crippen molar-refractivity contribution in [3.8, 4) is 27.5 Å². The van der Waals surface area contributed by atoms with Crippen molar-refractivity contribution < 1.29 is 9.18 Å². The van der Waals surface area contributed by atoms with Crippen molar-refractivity contribution in [3.05, 3.63) is 90.9 Å². The van der Waals surface area contributed by atoms with Crippen LogP contribution in [0, 0.1) is 18.7 Å². The summed E-state index contributed by atoms with van der Waals surface area (Å²) in [7, 11) is 0. The number of para-hydroxylation sites is 1. The zero-order valence-electron chi connectivity index (χ0n) is 25.6. The van der Waals surface area contributed by atoms with Crippen LogP contribution in [0.5, 0.6) is 0 Å². The van der Waals surface area contributed by atoms with Gasteiger partial charge in [-0.3, -0.25) is 14.2 Å². The van der Waals surface area contributed by atoms with E-state index in [4.69, 9.17) is 16.6 Å². The van der Waals surface area contributed by atoms with E-state index in [9.17, 15) is 14.0 Å². The number of carbonyl (C=O) groups excluding carboxylic acids is 1. The van der Waals surface area contributed by atoms with E-state index in [1.54, 1.807) is 12.1 Å². The molecule has 0 bridgehead atoms. The van der Waals surface area contributed by atoms with Gasteiger partial charge in [-0.1, -0.05) is 63.6 Å². The molecule has 43 heavy (non-hydrogen) atoms. The van der Waals surface area contributed by atoms with E-state index in [0.29, 0.717) is 46.9 Å². The molecule has 0 saturated carbocycles. The van der Waals surface area contributed by atoms with Crippen molar-refractivity contribution in [2.24, 2.45) is 5.92 Å². The van der Waals surface area contributed by atoms with Crippen LogP contribution in [0.4, 0.5) is 4.39 Å². The first-order valence-corrected chi connectivity index (χ1v) is 16.5. The van der Waals surface area contributed by atoms with Gasteiger partial charge in [-0.05, 0) is 80.7 Å². The predicted molar refractivity (Wildman–Crippen MR) is 175 cm³/mol. The molecule has 0 N–H and O–H groups in total. The molecule has 2 aromatic heterocycles. The maximum absolute atomic E-state index is 14.7. The number of hydrogen-bond acceptors (Lipinski definition) is 4. The fourth-order valence-corrected chi connectivity index (χ4v) is 7.07. The number of halogens is 2. The third-order valence-electron chi connectivity index (χ3n) is 8.19. The largest absolute Gasteiger partial charge is 0.339 e. The number of carbonyl (C=O) groups is 1. The molecule has 3 heterocycles. The van der Waals surface area contributed by atoms with Gasteiger partial charge >= 0.3 is 0 Å². The van der Waals surface area contributed by atoms with Crippen LogP contribution in [0.15, 0.2) is 47.3 Å². The number of benzene rings is 2. The van der Waals surface area contributed by atoms with Crippen molar-refractivity contribution in [2.45, 2.75) is 73.1 Å². The van der Waals surface area contributed by atoms with E-state index in [2.05, 4.69) is 39.8 Å². The molecular weight excluding hydrogens is 581 g/mol. The topological polar surface area (TPSA) is 55.2 Å². The van der Waals surface area contributed by atoms with Crippen molar-refractivity contribution in [1.29, 1.82) is 0 Å². The van der Waals surface area contributed by atoms with Gasteiger partial charge in [0.25, 0.3) is 11.5 Å². The fraction of sp³-hybridized carbons (Fsp3) is 0.400. The molecule has 8 heteroatoms. The maximum atomic E-state index is 14.7. The first-order chi connectivity index (χ1) is 20.6. The molecule has 0 aliphatic carbocycles. The summed E-state index contributed by atoms with van der Waals surface area (Å²) in [5, 5.41) is 0.556. The Labute approximate surface area is 262 Å². The summed E-state index contributed by atoms with van der Waals surface area (Å²) in [6.45, 7) is 11.8. The van der Waals surface area contributed by atoms with Gasteiger partial charge in [0.05, 0.1) is 27.5 Å². The average Bonchev–Trinajstić information content (AvgIpc) is 3.39. The second-order valence-electron chi connectivity index (χ2n) is 11.7. The number of rotatable bonds is 8. The number of pyridine rings is 1. The van der Waals surface area contributed by atoms with Crippen molar-refractivity contribution in [2.75, 3.05) is 13.1 Å². The Balaban J connectivity index is 1.83. The molecule has 0 spiro atoms. The van der Waals surface area contributed by atoms with Gasteiger partial charge in [-0.25, -0.2) is 9.37 Å². The van der Waals surface area contributed by atoms with Crippen LogP contribution in [0.2, 0.25) is 5.02 Å². The first-order valence-electron chi connectivity index (χ1n) is 15.3. The minimum atomic E-state index is -0.522. The molecule has 1 amide bonds. The number of hydrogen-bond donors (Lipinski definition) is 0. The standard InChI is InChI=1S/C35H39ClFN3O2S/c1-6-23-12-11-13-24(7-2)32(23)40-30(18-21(3)4)26(34(41)39-16-9-8-10-17-39)20-27(35(40)42)33-38-31(22(5)43-33)25-14-15-28(36)29(37)19-25/h11-15,19-21H,6-10,16-18H2,1-5H3. The summed E-state index contributed by atoms with van der Waals surface area (Å²) in [4.78, 5) is 36.7. The van der Waals surface area contributed by atoms with E-state index in [0.717, 1.165) is 59.5 Å². The SMILES string of the molecule is CCc1cccc(CC)c1-n1c(CC(C)C)c(C(=O)N2CCCCC2)cc(-c2nc(-c3ccc(Cl)c(F)c3)c(C)s2)c1=O. The monoisotopic (exact) mass is 619 g/mol. The highest BCUT2D eigenvalue weighted by Crippen LogP contribution is 2.35. The summed E-state index contributed by atoms with van der Waals surface area (Å²) in [6.07, 6.45) is 5.14. The Kier molecular flexibility index (Phi) is 9.52. The second kappa shape index (κ2) is 13.1. The fourth-order valence-electron chi connectivity index (χ4n) is 6.01. The highest BCUT2D eigenvalue weighted by Gasteiger charge is 2.29. The smallest absolute Gasteiger partial charge is 0.265 e. The van der Waals surface area contributed by atoms with E-state index in [1.807, 2.05) is 22.5 Å². The summed E-state index contributed by atoms with van der Waals surface area (Å²) in [5.41, 5.74) is 5.69. The van der Waals surface area contributed by atoms with Gasteiger partial charge in [0.2, 0.25) is 0 Å². The Morgan fingerprint density at radius 1 is 1.05 bits per heavy atom. The maximum Gasteiger partial charge on any atom is 0.265 e. The molecule has 2 aromatic carbocycles. The van der Waals surface area contributed by atoms with Gasteiger partial charge in [-0.2, -0.15) is 0 Å². The number of amides is 1. The number of likely N-dealkylation sites (tertiary alicyclic amines) is 1. The lowest BCUT2D eigenvalue weighted by atomic mass is 9.96. The van der Waals surface area contributed by atoms with E-state index >= 15 is 0 Å². The van der Waals surface area contributed by atoms with E-state index < -0.39 is 5.82 Å². The highest BCUT2D eigenvalue weighted by molar-refractivity contribution is 7.15. The van der Waals surface area contributed by atoms with Crippen molar-refractivity contribution >= 4 is 28.8 Å². The van der Waals surface area contributed by atoms with Gasteiger partial charge in [-0.15, -0.1) is 11.3 Å². The van der Waals surface area contributed by atoms with Gasteiger partial charge in [0.15, 0.2) is 0 Å². The van der Waals surface area contributed by atoms with E-state index in [-0.39, 0.29) is 22.4 Å². The average molecular weight is 620 g/mol. The molecule has 0 unspecified atom stereocenters. The number of aromatic nitrogens is 2. The van der Waals surface area contributed by atoms with Crippen LogP contribution < -0.4 is 5.56 Å². The molecule has 1 aliphatic rings. The molecule has 0 radical (unpaired) electrons. The number of thiazole rings is 1. The molecule has 226 valence electrons. The van der Waals surface area contributed by atoms with Crippen molar-refractivity contribution in [3.63, 3.8) is 0 Å². The van der Waals surface area contributed by atoms with Crippen LogP contribution >= 0.6 is 22.9 Å². The Morgan fingerprint density at radius 2 is 1.72 bits per heavy atom. The van der Waals surface area contributed by atoms with Gasteiger partial charge in [0.1, 0.15) is 10.8 Å². The minimum Gasteiger partial charge on any atom is -0.339 e. The predicted octanol–water partition coefficient (Wildman–Crippen LogP) is 8.68. The van der Waals surface area contributed by atoms with Gasteiger partial charge < -0.3 is 4.90 Å². The second-order valence-corrected chi connectivity index (χ2v) is 13.3. The van der Waals surface area contributed by atoms with Gasteiger partial charge in [0, 0.05) is 29.2 Å². The lowest BCUT2D eigenvalue weighted by Gasteiger charge is -2.29. The number of piperidine rings is 1. The third-order valence-corrected chi connectivity index (χ3v) is 9.50. The minimum absolute atomic E-state index is 0.0364. The zero-order valence-corrected chi connectivity index (χ0v) is 27.2. The Morgan fingerprint density at radius 3 is 2.33 bits per heavy atom. The van der Waals surface area contributed by atoms with Crippen molar-refractivity contribution in [1.82, 2.24) is 14.5 Å². The zero-order chi connectivity index (χ0) is 30.8. The summed E-state index contributed by atoms with van der Waals surface area (Å²) in [5.74, 6) is -0.339. The van der Waals surface area contributed by atoms with E-state index in [1.165, 1.54) is 23.5 Å². The number of nitrogens with zero attached hydrogens (tertiary/aromatic N) is 3. The van der Waals surface area contributed by atoms with Crippen LogP contribution in [0.3, 0.4) is 0 Å². The van der Waals surface area contributed by atoms with Crippen LogP contribution in [0.1, 0.15) is 79.0 Å². The Bertz CT molecular complexity index is 1700. The number of aryl methyl sites for hydroxylation is 3. The lowest BCUT2D eigenvalue weighted by Crippen LogP contribution is -2.38. The first kappa shape index (κ1) is 31.1. The summed E-state index contributed by atoms with van der Waals surface area (Å²) >= 11 is 7.33. The highest BCUT2D eigenvalue weighted by atomic mass is 35.5. The molecule has 5 rings (SSSR count). The lowest BCUT2D eigenvalue weighted by molar-refractivity contribution is 0.0722. The molecule has 4 aromatic rings. The molecule has 1 aliphatic heterocycles.